The van der Waals surface area contributed by atoms with Crippen molar-refractivity contribution in [1.82, 2.24) is 25.1 Å². The number of rotatable bonds is 2. The lowest BCUT2D eigenvalue weighted by molar-refractivity contribution is -0.116. The molecule has 158 valence electrons. The number of amides is 2. The maximum atomic E-state index is 13.1. The van der Waals surface area contributed by atoms with Crippen molar-refractivity contribution in [2.75, 3.05) is 29.9 Å². The maximum absolute atomic E-state index is 13.1. The highest BCUT2D eigenvalue weighted by molar-refractivity contribution is 5.97. The van der Waals surface area contributed by atoms with Crippen LogP contribution in [-0.2, 0) is 4.79 Å². The third-order valence-electron chi connectivity index (χ3n) is 6.15. The summed E-state index contributed by atoms with van der Waals surface area (Å²) in [7, 11) is 0. The highest BCUT2D eigenvalue weighted by Gasteiger charge is 2.42. The van der Waals surface area contributed by atoms with Gasteiger partial charge in [0.2, 0.25) is 5.91 Å². The van der Waals surface area contributed by atoms with E-state index < -0.39 is 0 Å². The topological polar surface area (TPSA) is 96.3 Å². The number of anilines is 2. The number of fused-ring (bicyclic) bond motifs is 1. The van der Waals surface area contributed by atoms with Crippen LogP contribution < -0.4 is 10.2 Å². The summed E-state index contributed by atoms with van der Waals surface area (Å²) < 4.78 is 1.53. The van der Waals surface area contributed by atoms with Gasteiger partial charge < -0.3 is 15.1 Å². The first-order valence-corrected chi connectivity index (χ1v) is 10.3. The summed E-state index contributed by atoms with van der Waals surface area (Å²) in [6.45, 7) is 3.45. The van der Waals surface area contributed by atoms with E-state index >= 15 is 0 Å². The second-order valence-electron chi connectivity index (χ2n) is 8.12. The first kappa shape index (κ1) is 19.2. The van der Waals surface area contributed by atoms with Crippen LogP contribution >= 0.6 is 0 Å². The molecule has 1 aromatic heterocycles. The predicted octanol–water partition coefficient (Wildman–Crippen LogP) is 2.12. The summed E-state index contributed by atoms with van der Waals surface area (Å²) in [4.78, 5) is 29.2. The number of nitrogens with one attached hydrogen (secondary N) is 1. The third-order valence-corrected chi connectivity index (χ3v) is 6.15. The van der Waals surface area contributed by atoms with E-state index in [1.165, 1.54) is 11.0 Å². The Hall–Kier alpha value is -3.75. The van der Waals surface area contributed by atoms with Crippen molar-refractivity contribution >= 4 is 23.2 Å². The molecule has 5 rings (SSSR count). The average Bonchev–Trinajstić information content (AvgIpc) is 3.34. The van der Waals surface area contributed by atoms with Crippen molar-refractivity contribution in [3.8, 4) is 5.69 Å². The standard InChI is InChI=1S/C22H23N7O2/c1-16(30)28-14-22(24-19-7-2-3-8-20(19)28)9-11-27(12-10-22)21(31)17-5-4-6-18(13-17)29-15-23-25-26-29/h2-8,13,15,24H,9-12,14H2,1H3. The molecule has 2 aliphatic rings. The summed E-state index contributed by atoms with van der Waals surface area (Å²) in [5.41, 5.74) is 3.00. The summed E-state index contributed by atoms with van der Waals surface area (Å²) >= 11 is 0. The van der Waals surface area contributed by atoms with Gasteiger partial charge in [-0.15, -0.1) is 5.10 Å². The van der Waals surface area contributed by atoms with Crippen molar-refractivity contribution in [3.63, 3.8) is 0 Å². The number of hydrogen-bond donors (Lipinski definition) is 1. The Kier molecular flexibility index (Phi) is 4.65. The van der Waals surface area contributed by atoms with Crippen LogP contribution in [0.25, 0.3) is 5.69 Å². The monoisotopic (exact) mass is 417 g/mol. The number of hydrogen-bond acceptors (Lipinski definition) is 6. The number of aromatic nitrogens is 4. The molecule has 1 saturated heterocycles. The molecule has 0 saturated carbocycles. The molecule has 0 radical (unpaired) electrons. The molecule has 2 amide bonds. The van der Waals surface area contributed by atoms with Crippen molar-refractivity contribution in [2.45, 2.75) is 25.3 Å². The normalized spacial score (nSPS) is 17.2. The van der Waals surface area contributed by atoms with Crippen LogP contribution in [0.3, 0.4) is 0 Å². The van der Waals surface area contributed by atoms with E-state index in [0.717, 1.165) is 29.9 Å². The molecule has 9 heteroatoms. The Morgan fingerprint density at radius 1 is 1.06 bits per heavy atom. The van der Waals surface area contributed by atoms with Gasteiger partial charge in [-0.1, -0.05) is 18.2 Å². The second kappa shape index (κ2) is 7.50. The van der Waals surface area contributed by atoms with E-state index in [1.54, 1.807) is 13.0 Å². The molecular formula is C22H23N7O2. The smallest absolute Gasteiger partial charge is 0.253 e. The number of carbonyl (C=O) groups excluding carboxylic acids is 2. The molecule has 2 aromatic carbocycles. The van der Waals surface area contributed by atoms with E-state index in [1.807, 2.05) is 52.3 Å². The molecule has 0 unspecified atom stereocenters. The van der Waals surface area contributed by atoms with Crippen LogP contribution in [0, 0.1) is 0 Å². The van der Waals surface area contributed by atoms with Gasteiger partial charge in [-0.3, -0.25) is 9.59 Å². The van der Waals surface area contributed by atoms with E-state index in [9.17, 15) is 9.59 Å². The van der Waals surface area contributed by atoms with Crippen molar-refractivity contribution < 1.29 is 9.59 Å². The van der Waals surface area contributed by atoms with Gasteiger partial charge in [0.15, 0.2) is 0 Å². The van der Waals surface area contributed by atoms with E-state index in [4.69, 9.17) is 0 Å². The number of benzene rings is 2. The lowest BCUT2D eigenvalue weighted by atomic mass is 9.84. The lowest BCUT2D eigenvalue weighted by Gasteiger charge is -2.49. The number of likely N-dealkylation sites (tertiary alicyclic amines) is 1. The van der Waals surface area contributed by atoms with Gasteiger partial charge in [0.1, 0.15) is 6.33 Å². The van der Waals surface area contributed by atoms with Gasteiger partial charge in [-0.2, -0.15) is 0 Å². The summed E-state index contributed by atoms with van der Waals surface area (Å²) in [5.74, 6) is 0.0238. The Bertz CT molecular complexity index is 1120. The van der Waals surface area contributed by atoms with Crippen LogP contribution in [0.15, 0.2) is 54.9 Å². The zero-order chi connectivity index (χ0) is 21.4. The molecule has 31 heavy (non-hydrogen) atoms. The van der Waals surface area contributed by atoms with E-state index in [0.29, 0.717) is 25.2 Å². The number of tetrazole rings is 1. The Morgan fingerprint density at radius 3 is 2.61 bits per heavy atom. The minimum absolute atomic E-state index is 0.00981. The summed E-state index contributed by atoms with van der Waals surface area (Å²) in [5, 5.41) is 14.8. The number of piperidine rings is 1. The SMILES string of the molecule is CC(=O)N1CC2(CCN(C(=O)c3cccc(-n4cnnn4)c3)CC2)Nc2ccccc21. The molecular weight excluding hydrogens is 394 g/mol. The lowest BCUT2D eigenvalue weighted by Crippen LogP contribution is -2.59. The molecule has 0 bridgehead atoms. The fourth-order valence-corrected chi connectivity index (χ4v) is 4.47. The van der Waals surface area contributed by atoms with E-state index in [-0.39, 0.29) is 17.4 Å². The van der Waals surface area contributed by atoms with Crippen molar-refractivity contribution in [2.24, 2.45) is 0 Å². The van der Waals surface area contributed by atoms with Crippen LogP contribution in [0.2, 0.25) is 0 Å². The van der Waals surface area contributed by atoms with Crippen molar-refractivity contribution in [3.05, 3.63) is 60.4 Å². The summed E-state index contributed by atoms with van der Waals surface area (Å²) in [6.07, 6.45) is 3.04. The molecule has 0 aliphatic carbocycles. The molecule has 1 spiro atoms. The van der Waals surface area contributed by atoms with Crippen LogP contribution in [-0.4, -0.2) is 62.1 Å². The minimum Gasteiger partial charge on any atom is -0.376 e. The zero-order valence-corrected chi connectivity index (χ0v) is 17.2. The summed E-state index contributed by atoms with van der Waals surface area (Å²) in [6, 6.07) is 15.2. The molecule has 0 atom stereocenters. The molecule has 9 nitrogen and oxygen atoms in total. The fourth-order valence-electron chi connectivity index (χ4n) is 4.47. The number of nitrogens with zero attached hydrogens (tertiary/aromatic N) is 6. The fraction of sp³-hybridized carbons (Fsp3) is 0.318. The Balaban J connectivity index is 1.32. The Labute approximate surface area is 179 Å². The molecule has 1 fully saturated rings. The largest absolute Gasteiger partial charge is 0.376 e. The zero-order valence-electron chi connectivity index (χ0n) is 17.2. The average molecular weight is 417 g/mol. The first-order valence-electron chi connectivity index (χ1n) is 10.3. The van der Waals surface area contributed by atoms with Gasteiger partial charge in [-0.25, -0.2) is 4.68 Å². The van der Waals surface area contributed by atoms with Crippen LogP contribution in [0.1, 0.15) is 30.1 Å². The highest BCUT2D eigenvalue weighted by Crippen LogP contribution is 2.39. The number of para-hydroxylation sites is 2. The third kappa shape index (κ3) is 3.52. The molecule has 2 aliphatic heterocycles. The van der Waals surface area contributed by atoms with Gasteiger partial charge in [0, 0.05) is 32.1 Å². The van der Waals surface area contributed by atoms with Gasteiger partial charge in [0.25, 0.3) is 5.91 Å². The predicted molar refractivity (Wildman–Crippen MR) is 115 cm³/mol. The quantitative estimate of drug-likeness (QED) is 0.686. The molecule has 3 aromatic rings. The Morgan fingerprint density at radius 2 is 1.87 bits per heavy atom. The molecule has 3 heterocycles. The van der Waals surface area contributed by atoms with Gasteiger partial charge >= 0.3 is 0 Å². The molecule has 1 N–H and O–H groups in total. The van der Waals surface area contributed by atoms with E-state index in [2.05, 4.69) is 20.8 Å². The first-order chi connectivity index (χ1) is 15.0. The highest BCUT2D eigenvalue weighted by atomic mass is 16.2. The second-order valence-corrected chi connectivity index (χ2v) is 8.12. The van der Waals surface area contributed by atoms with Gasteiger partial charge in [-0.05, 0) is 53.6 Å². The minimum atomic E-state index is -0.231. The van der Waals surface area contributed by atoms with Gasteiger partial charge in [0.05, 0.1) is 22.6 Å². The van der Waals surface area contributed by atoms with Crippen LogP contribution in [0.5, 0.6) is 0 Å². The maximum Gasteiger partial charge on any atom is 0.253 e. The van der Waals surface area contributed by atoms with Crippen molar-refractivity contribution in [1.29, 1.82) is 0 Å². The number of carbonyl (C=O) groups is 2. The van der Waals surface area contributed by atoms with Crippen LogP contribution in [0.4, 0.5) is 11.4 Å².